The number of hydrogen-bond donors (Lipinski definition) is 1. The Hall–Kier alpha value is -0.610. The van der Waals surface area contributed by atoms with Gasteiger partial charge in [0.05, 0.1) is 9.93 Å². The van der Waals surface area contributed by atoms with E-state index < -0.39 is 0 Å². The van der Waals surface area contributed by atoms with E-state index in [1.54, 1.807) is 12.4 Å². The van der Waals surface area contributed by atoms with E-state index in [1.165, 1.54) is 22.2 Å². The van der Waals surface area contributed by atoms with Crippen LogP contribution in [0.5, 0.6) is 0 Å². The van der Waals surface area contributed by atoms with Crippen molar-refractivity contribution in [1.29, 1.82) is 0 Å². The summed E-state index contributed by atoms with van der Waals surface area (Å²) in [5, 5.41) is 0. The molecule has 1 aliphatic rings. The minimum Gasteiger partial charge on any atom is -0.397 e. The van der Waals surface area contributed by atoms with Crippen LogP contribution in [0.4, 0.5) is 0 Å². The molecule has 1 aromatic rings. The fourth-order valence-corrected chi connectivity index (χ4v) is 3.75. The zero-order valence-corrected chi connectivity index (χ0v) is 9.40. The SMILES string of the molecule is NC(=C1SCCCS1)c1ccncc1. The monoisotopic (exact) mass is 224 g/mol. The first-order chi connectivity index (χ1) is 6.88. The van der Waals surface area contributed by atoms with Crippen molar-refractivity contribution in [2.75, 3.05) is 11.5 Å². The summed E-state index contributed by atoms with van der Waals surface area (Å²) in [6.07, 6.45) is 4.84. The molecule has 1 saturated heterocycles. The standard InChI is InChI=1S/C10H12N2S2/c11-9(8-2-4-12-5-3-8)10-13-6-1-7-14-10/h2-5H,1,6-7,11H2. The van der Waals surface area contributed by atoms with E-state index in [-0.39, 0.29) is 0 Å². The second-order valence-electron chi connectivity index (χ2n) is 2.99. The van der Waals surface area contributed by atoms with Crippen molar-refractivity contribution in [3.05, 3.63) is 34.3 Å². The van der Waals surface area contributed by atoms with E-state index in [2.05, 4.69) is 4.98 Å². The van der Waals surface area contributed by atoms with Crippen molar-refractivity contribution in [3.8, 4) is 0 Å². The number of hydrogen-bond acceptors (Lipinski definition) is 4. The molecule has 2 nitrogen and oxygen atoms in total. The molecule has 2 heterocycles. The number of thioether (sulfide) groups is 2. The number of rotatable bonds is 1. The molecule has 0 saturated carbocycles. The third-order valence-electron chi connectivity index (χ3n) is 1.97. The maximum atomic E-state index is 6.08. The van der Waals surface area contributed by atoms with Crippen LogP contribution in [0, 0.1) is 0 Å². The zero-order chi connectivity index (χ0) is 9.80. The maximum absolute atomic E-state index is 6.08. The molecule has 1 fully saturated rings. The third kappa shape index (κ3) is 2.25. The second kappa shape index (κ2) is 4.75. The Morgan fingerprint density at radius 2 is 1.86 bits per heavy atom. The zero-order valence-electron chi connectivity index (χ0n) is 7.77. The van der Waals surface area contributed by atoms with Crippen molar-refractivity contribution < 1.29 is 0 Å². The van der Waals surface area contributed by atoms with Gasteiger partial charge in [0.15, 0.2) is 0 Å². The van der Waals surface area contributed by atoms with Gasteiger partial charge in [0.2, 0.25) is 0 Å². The van der Waals surface area contributed by atoms with Gasteiger partial charge in [-0.3, -0.25) is 4.98 Å². The topological polar surface area (TPSA) is 38.9 Å². The van der Waals surface area contributed by atoms with Gasteiger partial charge < -0.3 is 5.73 Å². The molecule has 1 aromatic heterocycles. The molecule has 0 radical (unpaired) electrons. The number of aromatic nitrogens is 1. The van der Waals surface area contributed by atoms with Crippen LogP contribution in [0.25, 0.3) is 5.70 Å². The number of pyridine rings is 1. The molecule has 0 aromatic carbocycles. The van der Waals surface area contributed by atoms with Crippen LogP contribution in [0.2, 0.25) is 0 Å². The molecule has 0 spiro atoms. The van der Waals surface area contributed by atoms with Crippen LogP contribution < -0.4 is 5.73 Å². The Morgan fingerprint density at radius 3 is 2.50 bits per heavy atom. The lowest BCUT2D eigenvalue weighted by atomic mass is 10.2. The average Bonchev–Trinajstić information content (AvgIpc) is 2.30. The van der Waals surface area contributed by atoms with Crippen molar-refractivity contribution >= 4 is 29.2 Å². The summed E-state index contributed by atoms with van der Waals surface area (Å²) in [4.78, 5) is 3.98. The lowest BCUT2D eigenvalue weighted by Crippen LogP contribution is -2.02. The average molecular weight is 224 g/mol. The van der Waals surface area contributed by atoms with Gasteiger partial charge in [-0.05, 0) is 30.1 Å². The summed E-state index contributed by atoms with van der Waals surface area (Å²) >= 11 is 3.73. The van der Waals surface area contributed by atoms with Crippen LogP contribution in [-0.2, 0) is 0 Å². The maximum Gasteiger partial charge on any atom is 0.0638 e. The Balaban J connectivity index is 2.25. The quantitative estimate of drug-likeness (QED) is 0.795. The van der Waals surface area contributed by atoms with E-state index in [1.807, 2.05) is 35.7 Å². The molecular formula is C10H12N2S2. The lowest BCUT2D eigenvalue weighted by molar-refractivity contribution is 1.12. The molecule has 14 heavy (non-hydrogen) atoms. The minimum absolute atomic E-state index is 0.905. The van der Waals surface area contributed by atoms with E-state index in [9.17, 15) is 0 Å². The first-order valence-electron chi connectivity index (χ1n) is 4.53. The first kappa shape index (κ1) is 9.93. The molecule has 2 rings (SSSR count). The summed E-state index contributed by atoms with van der Waals surface area (Å²) in [7, 11) is 0. The Kier molecular flexibility index (Phi) is 3.37. The minimum atomic E-state index is 0.905. The van der Waals surface area contributed by atoms with E-state index >= 15 is 0 Å². The third-order valence-corrected chi connectivity index (χ3v) is 4.62. The number of nitrogens with zero attached hydrogens (tertiary/aromatic N) is 1. The molecule has 0 aliphatic carbocycles. The highest BCUT2D eigenvalue weighted by Gasteiger charge is 2.11. The highest BCUT2D eigenvalue weighted by Crippen LogP contribution is 2.38. The van der Waals surface area contributed by atoms with Crippen molar-refractivity contribution in [3.63, 3.8) is 0 Å². The van der Waals surface area contributed by atoms with Gasteiger partial charge >= 0.3 is 0 Å². The first-order valence-corrected chi connectivity index (χ1v) is 6.51. The summed E-state index contributed by atoms with van der Waals surface area (Å²) in [5.74, 6) is 2.38. The summed E-state index contributed by atoms with van der Waals surface area (Å²) in [6.45, 7) is 0. The van der Waals surface area contributed by atoms with Gasteiger partial charge in [0.25, 0.3) is 0 Å². The van der Waals surface area contributed by atoms with Crippen LogP contribution in [-0.4, -0.2) is 16.5 Å². The summed E-state index contributed by atoms with van der Waals surface area (Å²) in [5.41, 5.74) is 8.07. The Labute approximate surface area is 92.4 Å². The van der Waals surface area contributed by atoms with Crippen molar-refractivity contribution in [2.24, 2.45) is 5.73 Å². The molecule has 74 valence electrons. The van der Waals surface area contributed by atoms with E-state index in [0.717, 1.165) is 11.3 Å². The highest BCUT2D eigenvalue weighted by molar-refractivity contribution is 8.23. The van der Waals surface area contributed by atoms with Gasteiger partial charge in [-0.1, -0.05) is 0 Å². The van der Waals surface area contributed by atoms with Crippen LogP contribution in [0.15, 0.2) is 28.8 Å². The van der Waals surface area contributed by atoms with Gasteiger partial charge in [-0.25, -0.2) is 0 Å². The summed E-state index contributed by atoms with van der Waals surface area (Å²) < 4.78 is 1.27. The summed E-state index contributed by atoms with van der Waals surface area (Å²) in [6, 6.07) is 3.91. The fraction of sp³-hybridized carbons (Fsp3) is 0.300. The van der Waals surface area contributed by atoms with Crippen LogP contribution >= 0.6 is 23.5 Å². The van der Waals surface area contributed by atoms with Crippen molar-refractivity contribution in [1.82, 2.24) is 4.98 Å². The van der Waals surface area contributed by atoms with Gasteiger partial charge in [0.1, 0.15) is 0 Å². The molecule has 1 aliphatic heterocycles. The smallest absolute Gasteiger partial charge is 0.0638 e. The fourth-order valence-electron chi connectivity index (χ4n) is 1.24. The number of nitrogens with two attached hydrogens (primary N) is 1. The van der Waals surface area contributed by atoms with Crippen molar-refractivity contribution in [2.45, 2.75) is 6.42 Å². The van der Waals surface area contributed by atoms with Crippen LogP contribution in [0.1, 0.15) is 12.0 Å². The van der Waals surface area contributed by atoms with E-state index in [0.29, 0.717) is 0 Å². The van der Waals surface area contributed by atoms with Gasteiger partial charge in [-0.2, -0.15) is 0 Å². The van der Waals surface area contributed by atoms with Crippen LogP contribution in [0.3, 0.4) is 0 Å². The molecule has 0 atom stereocenters. The highest BCUT2D eigenvalue weighted by atomic mass is 32.2. The normalized spacial score (nSPS) is 16.7. The Bertz CT molecular complexity index is 327. The second-order valence-corrected chi connectivity index (χ2v) is 5.46. The molecule has 0 amide bonds. The molecule has 0 unspecified atom stereocenters. The van der Waals surface area contributed by atoms with Gasteiger partial charge in [0, 0.05) is 18.0 Å². The molecule has 0 bridgehead atoms. The molecular weight excluding hydrogens is 212 g/mol. The Morgan fingerprint density at radius 1 is 1.21 bits per heavy atom. The predicted molar refractivity (Wildman–Crippen MR) is 64.9 cm³/mol. The largest absolute Gasteiger partial charge is 0.397 e. The van der Waals surface area contributed by atoms with Gasteiger partial charge in [-0.15, -0.1) is 23.5 Å². The molecule has 4 heteroatoms. The van der Waals surface area contributed by atoms with E-state index in [4.69, 9.17) is 5.73 Å². The predicted octanol–water partition coefficient (Wildman–Crippen LogP) is 2.54. The molecule has 2 N–H and O–H groups in total. The lowest BCUT2D eigenvalue weighted by Gasteiger charge is -2.15.